The molecule has 3 rings (SSSR count). The predicted octanol–water partition coefficient (Wildman–Crippen LogP) is 4.32. The van der Waals surface area contributed by atoms with Crippen molar-refractivity contribution in [2.75, 3.05) is 11.9 Å². The third kappa shape index (κ3) is 5.46. The predicted molar refractivity (Wildman–Crippen MR) is 106 cm³/mol. The average Bonchev–Trinajstić information content (AvgIpc) is 2.74. The lowest BCUT2D eigenvalue weighted by Gasteiger charge is -2.22. The Morgan fingerprint density at radius 2 is 2.11 bits per heavy atom. The summed E-state index contributed by atoms with van der Waals surface area (Å²) in [4.78, 5) is 16.8. The van der Waals surface area contributed by atoms with E-state index in [1.165, 1.54) is 32.1 Å². The monoisotopic (exact) mass is 379 g/mol. The molecular weight excluding hydrogens is 354 g/mol. The quantitative estimate of drug-likeness (QED) is 0.774. The Bertz CT molecular complexity index is 841. The van der Waals surface area contributed by atoms with E-state index in [2.05, 4.69) is 16.4 Å². The number of rotatable bonds is 7. The zero-order chi connectivity index (χ0) is 19.8. The van der Waals surface area contributed by atoms with Crippen LogP contribution >= 0.6 is 0 Å². The number of nitriles is 1. The number of carbonyl (C=O) groups excluding carboxylic acids is 1. The molecule has 1 aromatic heterocycles. The van der Waals surface area contributed by atoms with Crippen LogP contribution in [-0.2, 0) is 4.79 Å². The van der Waals surface area contributed by atoms with Crippen LogP contribution in [0, 0.1) is 17.2 Å². The molecule has 1 atom stereocenters. The molecule has 0 aliphatic heterocycles. The second-order valence-electron chi connectivity index (χ2n) is 7.05. The number of anilines is 1. The second kappa shape index (κ2) is 9.75. The molecule has 1 unspecified atom stereocenters. The standard InChI is InChI=1S/C22H25N3O3/c1-16(28-19-10-5-9-18(13-19)14-23)22(26)25-21-20(11-6-12-24-21)27-15-17-7-3-2-4-8-17/h5-6,9-13,16-17H,2-4,7-8,15H2,1H3,(H,24,25,26). The van der Waals surface area contributed by atoms with Crippen molar-refractivity contribution in [2.24, 2.45) is 5.92 Å². The minimum Gasteiger partial charge on any atom is -0.489 e. The van der Waals surface area contributed by atoms with Crippen molar-refractivity contribution < 1.29 is 14.3 Å². The summed E-state index contributed by atoms with van der Waals surface area (Å²) in [5.74, 6) is 1.66. The van der Waals surface area contributed by atoms with Crippen molar-refractivity contribution in [1.29, 1.82) is 5.26 Å². The van der Waals surface area contributed by atoms with Crippen molar-refractivity contribution in [2.45, 2.75) is 45.1 Å². The fourth-order valence-corrected chi connectivity index (χ4v) is 3.28. The highest BCUT2D eigenvalue weighted by atomic mass is 16.5. The first kappa shape index (κ1) is 19.7. The van der Waals surface area contributed by atoms with E-state index in [-0.39, 0.29) is 5.91 Å². The molecule has 1 aromatic carbocycles. The summed E-state index contributed by atoms with van der Waals surface area (Å²) < 4.78 is 11.6. The minimum absolute atomic E-state index is 0.330. The normalized spacial score (nSPS) is 15.3. The van der Waals surface area contributed by atoms with Crippen molar-refractivity contribution in [3.63, 3.8) is 0 Å². The Morgan fingerprint density at radius 1 is 1.29 bits per heavy atom. The van der Waals surface area contributed by atoms with Crippen LogP contribution in [0.25, 0.3) is 0 Å². The number of hydrogen-bond donors (Lipinski definition) is 1. The third-order valence-electron chi connectivity index (χ3n) is 4.86. The Kier molecular flexibility index (Phi) is 6.85. The SMILES string of the molecule is CC(Oc1cccc(C#N)c1)C(=O)Nc1ncccc1OCC1CCCCC1. The molecule has 1 aliphatic carbocycles. The molecule has 1 heterocycles. The minimum atomic E-state index is -0.748. The summed E-state index contributed by atoms with van der Waals surface area (Å²) in [5, 5.41) is 11.8. The summed E-state index contributed by atoms with van der Waals surface area (Å²) in [6, 6.07) is 12.4. The van der Waals surface area contributed by atoms with E-state index < -0.39 is 6.10 Å². The molecule has 0 bridgehead atoms. The molecule has 146 valence electrons. The van der Waals surface area contributed by atoms with E-state index in [1.807, 2.05) is 6.07 Å². The topological polar surface area (TPSA) is 84.2 Å². The van der Waals surface area contributed by atoms with Crippen LogP contribution in [0.5, 0.6) is 11.5 Å². The molecule has 28 heavy (non-hydrogen) atoms. The molecule has 6 heteroatoms. The highest BCUT2D eigenvalue weighted by molar-refractivity contribution is 5.94. The van der Waals surface area contributed by atoms with Crippen LogP contribution in [-0.4, -0.2) is 23.6 Å². The molecule has 1 amide bonds. The van der Waals surface area contributed by atoms with Crippen LogP contribution in [0.4, 0.5) is 5.82 Å². The molecule has 1 N–H and O–H groups in total. The van der Waals surface area contributed by atoms with E-state index in [9.17, 15) is 4.79 Å². The van der Waals surface area contributed by atoms with Gasteiger partial charge in [-0.15, -0.1) is 0 Å². The van der Waals surface area contributed by atoms with Crippen LogP contribution < -0.4 is 14.8 Å². The zero-order valence-electron chi connectivity index (χ0n) is 16.1. The van der Waals surface area contributed by atoms with Gasteiger partial charge in [0.1, 0.15) is 5.75 Å². The number of benzene rings is 1. The van der Waals surface area contributed by atoms with Gasteiger partial charge >= 0.3 is 0 Å². The summed E-state index contributed by atoms with van der Waals surface area (Å²) in [5.41, 5.74) is 0.480. The number of aromatic nitrogens is 1. The lowest BCUT2D eigenvalue weighted by molar-refractivity contribution is -0.122. The number of nitrogens with zero attached hydrogens (tertiary/aromatic N) is 2. The van der Waals surface area contributed by atoms with Gasteiger partial charge in [0.25, 0.3) is 5.91 Å². The zero-order valence-corrected chi connectivity index (χ0v) is 16.1. The fourth-order valence-electron chi connectivity index (χ4n) is 3.28. The number of hydrogen-bond acceptors (Lipinski definition) is 5. The van der Waals surface area contributed by atoms with Gasteiger partial charge in [-0.2, -0.15) is 5.26 Å². The second-order valence-corrected chi connectivity index (χ2v) is 7.05. The maximum atomic E-state index is 12.5. The Hall–Kier alpha value is -3.07. The van der Waals surface area contributed by atoms with Crippen molar-refractivity contribution >= 4 is 11.7 Å². The summed E-state index contributed by atoms with van der Waals surface area (Å²) in [7, 11) is 0. The first-order chi connectivity index (χ1) is 13.7. The molecule has 1 fully saturated rings. The maximum Gasteiger partial charge on any atom is 0.266 e. The van der Waals surface area contributed by atoms with Crippen LogP contribution in [0.15, 0.2) is 42.6 Å². The number of carbonyl (C=O) groups is 1. The number of amides is 1. The van der Waals surface area contributed by atoms with Crippen LogP contribution in [0.1, 0.15) is 44.6 Å². The molecular formula is C22H25N3O3. The molecule has 0 radical (unpaired) electrons. The highest BCUT2D eigenvalue weighted by Gasteiger charge is 2.19. The lowest BCUT2D eigenvalue weighted by atomic mass is 9.90. The Balaban J connectivity index is 1.59. The number of pyridine rings is 1. The highest BCUT2D eigenvalue weighted by Crippen LogP contribution is 2.27. The molecule has 6 nitrogen and oxygen atoms in total. The van der Waals surface area contributed by atoms with Gasteiger partial charge in [0.05, 0.1) is 18.2 Å². The number of ether oxygens (including phenoxy) is 2. The van der Waals surface area contributed by atoms with Crippen molar-refractivity contribution in [3.05, 3.63) is 48.2 Å². The van der Waals surface area contributed by atoms with Gasteiger partial charge in [0.2, 0.25) is 0 Å². The summed E-state index contributed by atoms with van der Waals surface area (Å²) in [6.45, 7) is 2.29. The van der Waals surface area contributed by atoms with E-state index in [0.717, 1.165) is 0 Å². The van der Waals surface area contributed by atoms with E-state index in [4.69, 9.17) is 14.7 Å². The fraction of sp³-hybridized carbons (Fsp3) is 0.409. The largest absolute Gasteiger partial charge is 0.489 e. The van der Waals surface area contributed by atoms with E-state index in [0.29, 0.717) is 35.4 Å². The average molecular weight is 379 g/mol. The van der Waals surface area contributed by atoms with E-state index >= 15 is 0 Å². The molecule has 0 saturated heterocycles. The van der Waals surface area contributed by atoms with Gasteiger partial charge in [0, 0.05) is 6.20 Å². The Morgan fingerprint density at radius 3 is 2.89 bits per heavy atom. The molecule has 1 aliphatic rings. The van der Waals surface area contributed by atoms with Gasteiger partial charge in [-0.25, -0.2) is 4.98 Å². The van der Waals surface area contributed by atoms with Gasteiger partial charge in [0.15, 0.2) is 17.7 Å². The first-order valence-corrected chi connectivity index (χ1v) is 9.71. The number of nitrogens with one attached hydrogen (secondary N) is 1. The van der Waals surface area contributed by atoms with Gasteiger partial charge in [-0.1, -0.05) is 25.3 Å². The van der Waals surface area contributed by atoms with Gasteiger partial charge in [-0.3, -0.25) is 4.79 Å². The van der Waals surface area contributed by atoms with Gasteiger partial charge < -0.3 is 14.8 Å². The molecule has 0 spiro atoms. The third-order valence-corrected chi connectivity index (χ3v) is 4.86. The maximum absolute atomic E-state index is 12.5. The Labute approximate surface area is 165 Å². The van der Waals surface area contributed by atoms with Crippen molar-refractivity contribution in [1.82, 2.24) is 4.98 Å². The summed E-state index contributed by atoms with van der Waals surface area (Å²) >= 11 is 0. The van der Waals surface area contributed by atoms with E-state index in [1.54, 1.807) is 43.5 Å². The smallest absolute Gasteiger partial charge is 0.266 e. The van der Waals surface area contributed by atoms with Gasteiger partial charge in [-0.05, 0) is 56.0 Å². The van der Waals surface area contributed by atoms with Crippen LogP contribution in [0.3, 0.4) is 0 Å². The van der Waals surface area contributed by atoms with Crippen LogP contribution in [0.2, 0.25) is 0 Å². The molecule has 1 saturated carbocycles. The lowest BCUT2D eigenvalue weighted by Crippen LogP contribution is -2.30. The molecule has 2 aromatic rings. The first-order valence-electron chi connectivity index (χ1n) is 9.71. The van der Waals surface area contributed by atoms with Crippen molar-refractivity contribution in [3.8, 4) is 17.6 Å². The summed E-state index contributed by atoms with van der Waals surface area (Å²) in [6.07, 6.45) is 7.06.